The SMILES string of the molecule is COc1ccccc1C(=O)Nc1ccc(OC(=O)/C=C/c2ccc(C)o2)cc1. The van der Waals surface area contributed by atoms with Crippen molar-refractivity contribution in [1.29, 1.82) is 0 Å². The lowest BCUT2D eigenvalue weighted by Crippen LogP contribution is -2.13. The molecule has 0 aliphatic heterocycles. The van der Waals surface area contributed by atoms with E-state index in [2.05, 4.69) is 5.32 Å². The number of aryl methyl sites for hydroxylation is 1. The van der Waals surface area contributed by atoms with Gasteiger partial charge >= 0.3 is 5.97 Å². The number of benzene rings is 2. The Labute approximate surface area is 162 Å². The van der Waals surface area contributed by atoms with E-state index >= 15 is 0 Å². The molecule has 0 radical (unpaired) electrons. The van der Waals surface area contributed by atoms with E-state index in [0.29, 0.717) is 28.5 Å². The number of para-hydroxylation sites is 1. The first kappa shape index (κ1) is 19.0. The Morgan fingerprint density at radius 1 is 1.00 bits per heavy atom. The van der Waals surface area contributed by atoms with Gasteiger partial charge in [-0.1, -0.05) is 12.1 Å². The topological polar surface area (TPSA) is 77.8 Å². The molecule has 6 heteroatoms. The monoisotopic (exact) mass is 377 g/mol. The number of carbonyl (C=O) groups excluding carboxylic acids is 2. The van der Waals surface area contributed by atoms with Crippen molar-refractivity contribution in [2.45, 2.75) is 6.92 Å². The van der Waals surface area contributed by atoms with Gasteiger partial charge < -0.3 is 19.2 Å². The predicted octanol–water partition coefficient (Wildman–Crippen LogP) is 4.47. The summed E-state index contributed by atoms with van der Waals surface area (Å²) in [5.74, 6) is 1.37. The van der Waals surface area contributed by atoms with E-state index in [1.807, 2.05) is 13.0 Å². The molecular formula is C22H19NO5. The Morgan fingerprint density at radius 2 is 1.75 bits per heavy atom. The van der Waals surface area contributed by atoms with Gasteiger partial charge in [-0.25, -0.2) is 4.79 Å². The molecule has 1 aromatic heterocycles. The zero-order valence-corrected chi connectivity index (χ0v) is 15.5. The lowest BCUT2D eigenvalue weighted by molar-refractivity contribution is -0.128. The summed E-state index contributed by atoms with van der Waals surface area (Å²) in [6.07, 6.45) is 2.83. The van der Waals surface area contributed by atoms with Gasteiger partial charge in [-0.05, 0) is 61.5 Å². The van der Waals surface area contributed by atoms with Crippen LogP contribution in [0, 0.1) is 6.92 Å². The number of esters is 1. The van der Waals surface area contributed by atoms with Crippen LogP contribution in [0.5, 0.6) is 11.5 Å². The van der Waals surface area contributed by atoms with Crippen molar-refractivity contribution in [1.82, 2.24) is 0 Å². The quantitative estimate of drug-likeness (QED) is 0.390. The lowest BCUT2D eigenvalue weighted by Gasteiger charge is -2.09. The second-order valence-corrected chi connectivity index (χ2v) is 5.88. The van der Waals surface area contributed by atoms with Crippen molar-refractivity contribution in [3.05, 3.63) is 83.8 Å². The third kappa shape index (κ3) is 4.88. The maximum absolute atomic E-state index is 12.4. The first-order valence-corrected chi connectivity index (χ1v) is 8.56. The minimum absolute atomic E-state index is 0.293. The van der Waals surface area contributed by atoms with Crippen LogP contribution in [0.1, 0.15) is 21.9 Å². The molecule has 3 rings (SSSR count). The van der Waals surface area contributed by atoms with Crippen LogP contribution in [0.2, 0.25) is 0 Å². The second-order valence-electron chi connectivity index (χ2n) is 5.88. The van der Waals surface area contributed by atoms with Crippen molar-refractivity contribution >= 4 is 23.6 Å². The maximum Gasteiger partial charge on any atom is 0.336 e. The number of nitrogens with one attached hydrogen (secondary N) is 1. The average Bonchev–Trinajstić information content (AvgIpc) is 3.13. The van der Waals surface area contributed by atoms with E-state index in [0.717, 1.165) is 5.76 Å². The summed E-state index contributed by atoms with van der Waals surface area (Å²) in [5.41, 5.74) is 0.996. The maximum atomic E-state index is 12.4. The van der Waals surface area contributed by atoms with Gasteiger partial charge in [0.05, 0.1) is 12.7 Å². The summed E-state index contributed by atoms with van der Waals surface area (Å²) >= 11 is 0. The average molecular weight is 377 g/mol. The minimum atomic E-state index is -0.528. The highest BCUT2D eigenvalue weighted by Crippen LogP contribution is 2.21. The number of amides is 1. The van der Waals surface area contributed by atoms with E-state index in [-0.39, 0.29) is 5.91 Å². The lowest BCUT2D eigenvalue weighted by atomic mass is 10.2. The number of rotatable bonds is 6. The summed E-state index contributed by atoms with van der Waals surface area (Å²) in [5, 5.41) is 2.78. The van der Waals surface area contributed by atoms with Crippen molar-refractivity contribution in [2.75, 3.05) is 12.4 Å². The van der Waals surface area contributed by atoms with Crippen LogP contribution in [0.25, 0.3) is 6.08 Å². The van der Waals surface area contributed by atoms with Gasteiger partial charge in [-0.2, -0.15) is 0 Å². The van der Waals surface area contributed by atoms with Crippen LogP contribution in [-0.4, -0.2) is 19.0 Å². The van der Waals surface area contributed by atoms with Gasteiger partial charge in [0.1, 0.15) is 23.0 Å². The van der Waals surface area contributed by atoms with Crippen LogP contribution in [0.15, 0.2) is 71.2 Å². The molecule has 0 atom stereocenters. The summed E-state index contributed by atoms with van der Waals surface area (Å²) in [7, 11) is 1.51. The Morgan fingerprint density at radius 3 is 2.43 bits per heavy atom. The molecule has 142 valence electrons. The number of hydrogen-bond donors (Lipinski definition) is 1. The van der Waals surface area contributed by atoms with E-state index in [4.69, 9.17) is 13.9 Å². The van der Waals surface area contributed by atoms with Crippen LogP contribution in [0.3, 0.4) is 0 Å². The molecule has 2 aromatic carbocycles. The number of carbonyl (C=O) groups is 2. The first-order chi connectivity index (χ1) is 13.5. The molecule has 6 nitrogen and oxygen atoms in total. The fourth-order valence-corrected chi connectivity index (χ4v) is 2.48. The third-order valence-corrected chi connectivity index (χ3v) is 3.83. The van der Waals surface area contributed by atoms with Crippen LogP contribution >= 0.6 is 0 Å². The molecule has 0 bridgehead atoms. The zero-order valence-electron chi connectivity index (χ0n) is 15.5. The fourth-order valence-electron chi connectivity index (χ4n) is 2.48. The Balaban J connectivity index is 1.59. The van der Waals surface area contributed by atoms with Gasteiger partial charge in [-0.15, -0.1) is 0 Å². The largest absolute Gasteiger partial charge is 0.496 e. The van der Waals surface area contributed by atoms with E-state index in [1.165, 1.54) is 19.3 Å². The Bertz CT molecular complexity index is 1000. The zero-order chi connectivity index (χ0) is 19.9. The Hall–Kier alpha value is -3.80. The minimum Gasteiger partial charge on any atom is -0.496 e. The molecular weight excluding hydrogens is 358 g/mol. The van der Waals surface area contributed by atoms with Crippen molar-refractivity contribution in [3.8, 4) is 11.5 Å². The van der Waals surface area contributed by atoms with E-state index in [1.54, 1.807) is 54.6 Å². The summed E-state index contributed by atoms with van der Waals surface area (Å²) in [6.45, 7) is 1.82. The summed E-state index contributed by atoms with van der Waals surface area (Å²) < 4.78 is 15.8. The molecule has 0 spiro atoms. The van der Waals surface area contributed by atoms with Gasteiger partial charge in [-0.3, -0.25) is 4.79 Å². The van der Waals surface area contributed by atoms with E-state index < -0.39 is 5.97 Å². The highest BCUT2D eigenvalue weighted by Gasteiger charge is 2.11. The molecule has 0 unspecified atom stereocenters. The first-order valence-electron chi connectivity index (χ1n) is 8.56. The van der Waals surface area contributed by atoms with Crippen molar-refractivity contribution in [3.63, 3.8) is 0 Å². The number of furan rings is 1. The molecule has 3 aromatic rings. The number of ether oxygens (including phenoxy) is 2. The summed E-state index contributed by atoms with van der Waals surface area (Å²) in [4.78, 5) is 24.3. The molecule has 0 saturated heterocycles. The Kier molecular flexibility index (Phi) is 5.91. The molecule has 1 heterocycles. The fraction of sp³-hybridized carbons (Fsp3) is 0.0909. The number of hydrogen-bond acceptors (Lipinski definition) is 5. The van der Waals surface area contributed by atoms with Crippen LogP contribution < -0.4 is 14.8 Å². The van der Waals surface area contributed by atoms with Crippen LogP contribution in [0.4, 0.5) is 5.69 Å². The van der Waals surface area contributed by atoms with Gasteiger partial charge in [0.15, 0.2) is 0 Å². The van der Waals surface area contributed by atoms with Crippen molar-refractivity contribution in [2.24, 2.45) is 0 Å². The van der Waals surface area contributed by atoms with Gasteiger partial charge in [0.25, 0.3) is 5.91 Å². The van der Waals surface area contributed by atoms with Crippen LogP contribution in [-0.2, 0) is 4.79 Å². The normalized spacial score (nSPS) is 10.6. The highest BCUT2D eigenvalue weighted by atomic mass is 16.5. The number of methoxy groups -OCH3 is 1. The smallest absolute Gasteiger partial charge is 0.336 e. The molecule has 1 N–H and O–H groups in total. The van der Waals surface area contributed by atoms with Gasteiger partial charge in [0.2, 0.25) is 0 Å². The molecule has 0 saturated carbocycles. The standard InChI is InChI=1S/C22H19NO5/c1-15-7-10-17(27-15)13-14-21(24)28-18-11-8-16(9-12-18)23-22(25)19-5-3-4-6-20(19)26-2/h3-14H,1-2H3,(H,23,25)/b14-13+. The third-order valence-electron chi connectivity index (χ3n) is 3.83. The second kappa shape index (κ2) is 8.73. The van der Waals surface area contributed by atoms with Crippen molar-refractivity contribution < 1.29 is 23.5 Å². The van der Waals surface area contributed by atoms with E-state index in [9.17, 15) is 9.59 Å². The predicted molar refractivity (Wildman–Crippen MR) is 106 cm³/mol. The highest BCUT2D eigenvalue weighted by molar-refractivity contribution is 6.06. The number of anilines is 1. The van der Waals surface area contributed by atoms with Gasteiger partial charge in [0, 0.05) is 11.8 Å². The summed E-state index contributed by atoms with van der Waals surface area (Å²) in [6, 6.07) is 17.0. The molecule has 0 fully saturated rings. The molecule has 28 heavy (non-hydrogen) atoms. The molecule has 0 aliphatic rings. The molecule has 0 aliphatic carbocycles. The molecule has 1 amide bonds.